The predicted molar refractivity (Wildman–Crippen MR) is 143 cm³/mol. The molecule has 2 aromatic rings. The molecule has 3 rings (SSSR count). The smallest absolute Gasteiger partial charge is 0.134 e. The average molecular weight is 475 g/mol. The lowest BCUT2D eigenvalue weighted by atomic mass is 9.96. The topological polar surface area (TPSA) is 36.9 Å². The summed E-state index contributed by atoms with van der Waals surface area (Å²) in [5.41, 5.74) is 4.51. The molecule has 0 aromatic heterocycles. The van der Waals surface area contributed by atoms with Crippen LogP contribution in [0.2, 0.25) is 0 Å². The monoisotopic (exact) mass is 474 g/mol. The third-order valence-corrected chi connectivity index (χ3v) is 5.89. The second-order valence-corrected chi connectivity index (χ2v) is 8.60. The van der Waals surface area contributed by atoms with Gasteiger partial charge in [0.05, 0.1) is 25.0 Å². The fourth-order valence-corrected chi connectivity index (χ4v) is 4.19. The Morgan fingerprint density at radius 3 is 1.43 bits per heavy atom. The minimum absolute atomic E-state index is 0.0707. The molecule has 0 saturated carbocycles. The molecule has 4 heteroatoms. The molecule has 4 nitrogen and oxygen atoms in total. The number of ether oxygens (including phenoxy) is 4. The Labute approximate surface area is 210 Å². The molecule has 0 fully saturated rings. The molecule has 0 saturated heterocycles. The van der Waals surface area contributed by atoms with Gasteiger partial charge in [-0.2, -0.15) is 0 Å². The third-order valence-electron chi connectivity index (χ3n) is 5.89. The molecule has 186 valence electrons. The third kappa shape index (κ3) is 7.81. The first kappa shape index (κ1) is 26.2. The van der Waals surface area contributed by atoms with Gasteiger partial charge in [0.2, 0.25) is 0 Å². The number of aryl methyl sites for hydroxylation is 2. The fraction of sp³-hybridized carbons (Fsp3) is 0.355. The highest BCUT2D eigenvalue weighted by atomic mass is 16.5. The van der Waals surface area contributed by atoms with Crippen molar-refractivity contribution in [3.8, 4) is 22.6 Å². The zero-order chi connectivity index (χ0) is 24.9. The summed E-state index contributed by atoms with van der Waals surface area (Å²) in [5.74, 6) is 1.61. The molecule has 0 N–H and O–H groups in total. The number of rotatable bonds is 8. The number of benzene rings is 2. The molecule has 0 spiro atoms. The van der Waals surface area contributed by atoms with Gasteiger partial charge in [-0.3, -0.25) is 0 Å². The summed E-state index contributed by atoms with van der Waals surface area (Å²) in [6, 6.07) is 12.8. The van der Waals surface area contributed by atoms with Crippen molar-refractivity contribution in [1.29, 1.82) is 0 Å². The van der Waals surface area contributed by atoms with Crippen molar-refractivity contribution in [3.05, 3.63) is 96.9 Å². The molecule has 2 atom stereocenters. The lowest BCUT2D eigenvalue weighted by Gasteiger charge is -2.23. The number of hydrogen-bond acceptors (Lipinski definition) is 4. The zero-order valence-corrected chi connectivity index (χ0v) is 21.4. The number of fused-ring (bicyclic) bond motifs is 5. The number of allylic oxidation sites excluding steroid dienone is 4. The summed E-state index contributed by atoms with van der Waals surface area (Å²) in [7, 11) is 0. The molecular weight excluding hydrogens is 436 g/mol. The van der Waals surface area contributed by atoms with Crippen molar-refractivity contribution in [2.45, 2.75) is 72.0 Å². The van der Waals surface area contributed by atoms with Gasteiger partial charge >= 0.3 is 0 Å². The Bertz CT molecular complexity index is 964. The van der Waals surface area contributed by atoms with Crippen LogP contribution < -0.4 is 9.47 Å². The Morgan fingerprint density at radius 1 is 0.600 bits per heavy atom. The van der Waals surface area contributed by atoms with Crippen molar-refractivity contribution < 1.29 is 18.9 Å². The van der Waals surface area contributed by atoms with E-state index >= 15 is 0 Å². The molecule has 35 heavy (non-hydrogen) atoms. The lowest BCUT2D eigenvalue weighted by molar-refractivity contribution is 0.0495. The predicted octanol–water partition coefficient (Wildman–Crippen LogP) is 8.28. The molecule has 2 aromatic carbocycles. The Kier molecular flexibility index (Phi) is 10.6. The van der Waals surface area contributed by atoms with E-state index < -0.39 is 0 Å². The first-order valence-corrected chi connectivity index (χ1v) is 12.5. The Hall–Kier alpha value is -3.40. The van der Waals surface area contributed by atoms with Crippen molar-refractivity contribution in [1.82, 2.24) is 0 Å². The average Bonchev–Trinajstić information content (AvgIpc) is 2.89. The maximum atomic E-state index is 6.09. The van der Waals surface area contributed by atoms with Gasteiger partial charge in [-0.05, 0) is 88.8 Å². The van der Waals surface area contributed by atoms with E-state index in [1.54, 1.807) is 25.0 Å². The highest BCUT2D eigenvalue weighted by Gasteiger charge is 2.21. The van der Waals surface area contributed by atoms with Gasteiger partial charge < -0.3 is 18.9 Å². The summed E-state index contributed by atoms with van der Waals surface area (Å²) < 4.78 is 24.2. The SMILES string of the molecule is CC=COc1ccc2cc1-c1cc(ccc1OC=CC)CC[C@H](OC=CC)C[C@H](OC=CC)CC2. The highest BCUT2D eigenvalue weighted by Crippen LogP contribution is 2.39. The van der Waals surface area contributed by atoms with Gasteiger partial charge in [0.25, 0.3) is 0 Å². The van der Waals surface area contributed by atoms with Gasteiger partial charge in [0, 0.05) is 17.5 Å². The summed E-state index contributed by atoms with van der Waals surface area (Å²) >= 11 is 0. The molecule has 4 bridgehead atoms. The van der Waals surface area contributed by atoms with E-state index in [-0.39, 0.29) is 12.2 Å². The summed E-state index contributed by atoms with van der Waals surface area (Å²) in [5, 5.41) is 0. The van der Waals surface area contributed by atoms with Crippen LogP contribution in [-0.4, -0.2) is 12.2 Å². The molecule has 0 radical (unpaired) electrons. The first-order chi connectivity index (χ1) is 17.2. The van der Waals surface area contributed by atoms with E-state index in [4.69, 9.17) is 18.9 Å². The largest absolute Gasteiger partial charge is 0.498 e. The van der Waals surface area contributed by atoms with Gasteiger partial charge in [0.15, 0.2) is 0 Å². The molecule has 0 amide bonds. The highest BCUT2D eigenvalue weighted by molar-refractivity contribution is 5.77. The minimum atomic E-state index is 0.0707. The molecule has 1 aliphatic rings. The van der Waals surface area contributed by atoms with E-state index in [1.165, 1.54) is 11.1 Å². The van der Waals surface area contributed by atoms with Crippen LogP contribution in [0.25, 0.3) is 11.1 Å². The van der Waals surface area contributed by atoms with E-state index in [9.17, 15) is 0 Å². The minimum Gasteiger partial charge on any atom is -0.498 e. The van der Waals surface area contributed by atoms with Crippen LogP contribution in [0.4, 0.5) is 0 Å². The zero-order valence-electron chi connectivity index (χ0n) is 21.4. The standard InChI is InChI=1S/C31H38O4/c1-5-17-32-26-13-9-24-11-15-30(34-19-7-3)28(21-24)29-22-25(12-16-31(29)35-20-8-4)10-14-27(23-26)33-18-6-2/h5-8,11-12,15-22,26-27H,9-10,13-14,23H2,1-4H3/t26-,27+. The first-order valence-electron chi connectivity index (χ1n) is 12.5. The maximum Gasteiger partial charge on any atom is 0.134 e. The normalized spacial score (nSPS) is 19.0. The molecule has 0 aliphatic heterocycles. The molecule has 0 heterocycles. The quantitative estimate of drug-likeness (QED) is 0.361. The van der Waals surface area contributed by atoms with E-state index in [0.29, 0.717) is 0 Å². The van der Waals surface area contributed by atoms with Gasteiger partial charge in [-0.1, -0.05) is 36.4 Å². The van der Waals surface area contributed by atoms with Gasteiger partial charge in [-0.25, -0.2) is 0 Å². The van der Waals surface area contributed by atoms with Crippen LogP contribution in [0, 0.1) is 0 Å². The summed E-state index contributed by atoms with van der Waals surface area (Å²) in [6.07, 6.45) is 19.2. The summed E-state index contributed by atoms with van der Waals surface area (Å²) in [4.78, 5) is 0. The van der Waals surface area contributed by atoms with Gasteiger partial charge in [-0.15, -0.1) is 0 Å². The van der Waals surface area contributed by atoms with E-state index in [2.05, 4.69) is 36.4 Å². The van der Waals surface area contributed by atoms with Crippen molar-refractivity contribution in [2.75, 3.05) is 0 Å². The second-order valence-electron chi connectivity index (χ2n) is 8.60. The van der Waals surface area contributed by atoms with Crippen LogP contribution >= 0.6 is 0 Å². The van der Waals surface area contributed by atoms with Crippen LogP contribution in [0.15, 0.2) is 85.8 Å². The number of hydrogen-bond donors (Lipinski definition) is 0. The van der Waals surface area contributed by atoms with Crippen LogP contribution in [0.3, 0.4) is 0 Å². The van der Waals surface area contributed by atoms with Crippen LogP contribution in [0.1, 0.15) is 58.1 Å². The van der Waals surface area contributed by atoms with Gasteiger partial charge in [0.1, 0.15) is 23.7 Å². The van der Waals surface area contributed by atoms with Crippen LogP contribution in [-0.2, 0) is 22.3 Å². The van der Waals surface area contributed by atoms with E-state index in [1.807, 2.05) is 52.0 Å². The lowest BCUT2D eigenvalue weighted by Crippen LogP contribution is -2.22. The van der Waals surface area contributed by atoms with Crippen molar-refractivity contribution in [3.63, 3.8) is 0 Å². The van der Waals surface area contributed by atoms with Crippen molar-refractivity contribution in [2.24, 2.45) is 0 Å². The van der Waals surface area contributed by atoms with E-state index in [0.717, 1.165) is 54.7 Å². The second kappa shape index (κ2) is 14.1. The molecule has 1 aliphatic carbocycles. The van der Waals surface area contributed by atoms with Crippen molar-refractivity contribution >= 4 is 0 Å². The Balaban J connectivity index is 2.08. The summed E-state index contributed by atoms with van der Waals surface area (Å²) in [6.45, 7) is 7.84. The Morgan fingerprint density at radius 2 is 1.03 bits per heavy atom. The van der Waals surface area contributed by atoms with Crippen LogP contribution in [0.5, 0.6) is 11.5 Å². The molecular formula is C31H38O4. The molecule has 0 unspecified atom stereocenters. The fourth-order valence-electron chi connectivity index (χ4n) is 4.19. The maximum absolute atomic E-state index is 6.09.